The van der Waals surface area contributed by atoms with Crippen molar-refractivity contribution >= 4 is 16.8 Å². The van der Waals surface area contributed by atoms with Gasteiger partial charge in [0.1, 0.15) is 5.75 Å². The molecular weight excluding hydrogens is 428 g/mol. The summed E-state index contributed by atoms with van der Waals surface area (Å²) in [5.41, 5.74) is 4.47. The highest BCUT2D eigenvalue weighted by Gasteiger charge is 2.23. The molecule has 3 N–H and O–H groups in total. The lowest BCUT2D eigenvalue weighted by atomic mass is 10.0. The highest BCUT2D eigenvalue weighted by molar-refractivity contribution is 6.09. The zero-order valence-corrected chi connectivity index (χ0v) is 19.5. The minimum Gasteiger partial charge on any atom is -0.497 e. The van der Waals surface area contributed by atoms with Crippen LogP contribution in [0.5, 0.6) is 5.75 Å². The van der Waals surface area contributed by atoms with Crippen LogP contribution in [-0.2, 0) is 0 Å². The van der Waals surface area contributed by atoms with E-state index in [0.29, 0.717) is 5.56 Å². The summed E-state index contributed by atoms with van der Waals surface area (Å²) in [5.74, 6) is 0.680. The Bertz CT molecular complexity index is 1260. The van der Waals surface area contributed by atoms with E-state index in [1.807, 2.05) is 48.8 Å². The lowest BCUT2D eigenvalue weighted by Gasteiger charge is -2.35. The Morgan fingerprint density at radius 2 is 1.97 bits per heavy atom. The first-order chi connectivity index (χ1) is 16.6. The van der Waals surface area contributed by atoms with E-state index in [4.69, 9.17) is 4.74 Å². The highest BCUT2D eigenvalue weighted by atomic mass is 16.5. The average molecular weight is 459 g/mol. The number of nitrogens with one attached hydrogen (secondary N) is 3. The number of fused-ring (bicyclic) bond motifs is 1. The van der Waals surface area contributed by atoms with Crippen LogP contribution >= 0.6 is 0 Å². The van der Waals surface area contributed by atoms with Crippen LogP contribution in [0, 0.1) is 0 Å². The molecule has 0 bridgehead atoms. The van der Waals surface area contributed by atoms with Gasteiger partial charge in [-0.15, -0.1) is 0 Å². The predicted octanol–water partition coefficient (Wildman–Crippen LogP) is 3.29. The molecule has 2 aromatic heterocycles. The maximum absolute atomic E-state index is 13.6. The summed E-state index contributed by atoms with van der Waals surface area (Å²) in [4.78, 5) is 21.6. The van der Waals surface area contributed by atoms with Crippen LogP contribution in [0.25, 0.3) is 22.0 Å². The SMILES string of the molecule is COc1cccc([C@H](CN2CCN(C)CC2)NC(=O)c2cccc3c(-c4cn[nH]c4)c[nH]c23)c1. The van der Waals surface area contributed by atoms with Crippen molar-refractivity contribution in [2.45, 2.75) is 6.04 Å². The van der Waals surface area contributed by atoms with Gasteiger partial charge in [0.05, 0.1) is 30.4 Å². The van der Waals surface area contributed by atoms with Crippen molar-refractivity contribution in [2.24, 2.45) is 0 Å². The molecule has 1 aliphatic heterocycles. The first-order valence-electron chi connectivity index (χ1n) is 11.6. The number of rotatable bonds is 7. The van der Waals surface area contributed by atoms with Gasteiger partial charge in [-0.2, -0.15) is 5.10 Å². The summed E-state index contributed by atoms with van der Waals surface area (Å²) in [6, 6.07) is 13.6. The summed E-state index contributed by atoms with van der Waals surface area (Å²) in [6.07, 6.45) is 5.56. The summed E-state index contributed by atoms with van der Waals surface area (Å²) >= 11 is 0. The third-order valence-corrected chi connectivity index (χ3v) is 6.61. The van der Waals surface area contributed by atoms with E-state index in [2.05, 4.69) is 43.4 Å². The molecule has 1 amide bonds. The molecule has 1 saturated heterocycles. The zero-order chi connectivity index (χ0) is 23.5. The second-order valence-electron chi connectivity index (χ2n) is 8.82. The van der Waals surface area contributed by atoms with Gasteiger partial charge in [0.25, 0.3) is 5.91 Å². The molecule has 1 atom stereocenters. The van der Waals surface area contributed by atoms with E-state index in [1.54, 1.807) is 13.3 Å². The van der Waals surface area contributed by atoms with Crippen LogP contribution < -0.4 is 10.1 Å². The Labute approximate surface area is 198 Å². The molecule has 0 aliphatic carbocycles. The van der Waals surface area contributed by atoms with Crippen LogP contribution in [0.15, 0.2) is 61.1 Å². The number of benzene rings is 2. The van der Waals surface area contributed by atoms with E-state index in [-0.39, 0.29) is 11.9 Å². The Hall–Kier alpha value is -3.62. The van der Waals surface area contributed by atoms with Crippen molar-refractivity contribution < 1.29 is 9.53 Å². The molecule has 1 fully saturated rings. The topological polar surface area (TPSA) is 89.3 Å². The van der Waals surface area contributed by atoms with Gasteiger partial charge in [0.2, 0.25) is 0 Å². The summed E-state index contributed by atoms with van der Waals surface area (Å²) in [7, 11) is 3.81. The molecule has 1 aliphatic rings. The smallest absolute Gasteiger partial charge is 0.253 e. The molecule has 0 saturated carbocycles. The van der Waals surface area contributed by atoms with Gasteiger partial charge in [-0.1, -0.05) is 24.3 Å². The maximum atomic E-state index is 13.6. The van der Waals surface area contributed by atoms with Gasteiger partial charge in [-0.05, 0) is 30.8 Å². The number of piperazine rings is 1. The number of hydrogen-bond donors (Lipinski definition) is 3. The van der Waals surface area contributed by atoms with Crippen molar-refractivity contribution in [1.29, 1.82) is 0 Å². The quantitative estimate of drug-likeness (QED) is 0.396. The van der Waals surface area contributed by atoms with Crippen molar-refractivity contribution in [2.75, 3.05) is 46.9 Å². The Balaban J connectivity index is 1.43. The van der Waals surface area contributed by atoms with Crippen LogP contribution in [0.2, 0.25) is 0 Å². The van der Waals surface area contributed by atoms with E-state index >= 15 is 0 Å². The molecule has 0 radical (unpaired) electrons. The summed E-state index contributed by atoms with van der Waals surface area (Å²) in [6.45, 7) is 4.75. The lowest BCUT2D eigenvalue weighted by molar-refractivity contribution is 0.0908. The number of likely N-dealkylation sites (N-methyl/N-ethyl adjacent to an activating group) is 1. The molecule has 2 aromatic carbocycles. The van der Waals surface area contributed by atoms with Crippen LogP contribution in [0.1, 0.15) is 22.0 Å². The standard InChI is InChI=1S/C26H30N6O2/c1-31-9-11-32(12-10-31)17-24(18-5-3-6-20(13-18)34-2)30-26(33)22-8-4-7-21-23(16-27-25(21)22)19-14-28-29-15-19/h3-8,13-16,24,27H,9-12,17H2,1-2H3,(H,28,29)(H,30,33)/t24-/m0/s1. The van der Waals surface area contributed by atoms with Gasteiger partial charge in [0.15, 0.2) is 0 Å². The molecule has 8 heteroatoms. The fourth-order valence-corrected chi connectivity index (χ4v) is 4.60. The highest BCUT2D eigenvalue weighted by Crippen LogP contribution is 2.30. The predicted molar refractivity (Wildman–Crippen MR) is 133 cm³/mol. The number of H-pyrrole nitrogens is 2. The van der Waals surface area contributed by atoms with Crippen LogP contribution in [0.4, 0.5) is 0 Å². The van der Waals surface area contributed by atoms with Crippen molar-refractivity contribution in [1.82, 2.24) is 30.3 Å². The van der Waals surface area contributed by atoms with Crippen LogP contribution in [0.3, 0.4) is 0 Å². The lowest BCUT2D eigenvalue weighted by Crippen LogP contribution is -2.47. The number of amides is 1. The first kappa shape index (κ1) is 22.2. The van der Waals surface area contributed by atoms with Gasteiger partial charge in [-0.3, -0.25) is 14.8 Å². The number of ether oxygens (including phenoxy) is 1. The Morgan fingerprint density at radius 3 is 2.74 bits per heavy atom. The van der Waals surface area contributed by atoms with Crippen molar-refractivity contribution in [3.8, 4) is 16.9 Å². The molecule has 176 valence electrons. The number of aromatic amines is 2. The second kappa shape index (κ2) is 9.70. The first-order valence-corrected chi connectivity index (χ1v) is 11.6. The number of aromatic nitrogens is 3. The minimum absolute atomic E-state index is 0.104. The van der Waals surface area contributed by atoms with Gasteiger partial charge >= 0.3 is 0 Å². The fourth-order valence-electron chi connectivity index (χ4n) is 4.60. The van der Waals surface area contributed by atoms with E-state index in [0.717, 1.165) is 66.1 Å². The van der Waals surface area contributed by atoms with Gasteiger partial charge in [0, 0.05) is 61.6 Å². The number of para-hydroxylation sites is 1. The van der Waals surface area contributed by atoms with Crippen molar-refractivity contribution in [3.05, 3.63) is 72.2 Å². The third kappa shape index (κ3) is 4.55. The third-order valence-electron chi connectivity index (χ3n) is 6.61. The Morgan fingerprint density at radius 1 is 1.15 bits per heavy atom. The molecular formula is C26H30N6O2. The molecule has 4 aromatic rings. The zero-order valence-electron chi connectivity index (χ0n) is 19.5. The normalized spacial score (nSPS) is 15.9. The maximum Gasteiger partial charge on any atom is 0.253 e. The number of hydrogen-bond acceptors (Lipinski definition) is 5. The van der Waals surface area contributed by atoms with Gasteiger partial charge in [-0.25, -0.2) is 0 Å². The van der Waals surface area contributed by atoms with E-state index < -0.39 is 0 Å². The number of methoxy groups -OCH3 is 1. The van der Waals surface area contributed by atoms with Crippen LogP contribution in [-0.4, -0.2) is 77.8 Å². The van der Waals surface area contributed by atoms with Gasteiger partial charge < -0.3 is 19.9 Å². The molecule has 8 nitrogen and oxygen atoms in total. The average Bonchev–Trinajstić information content (AvgIpc) is 3.54. The second-order valence-corrected chi connectivity index (χ2v) is 8.82. The van der Waals surface area contributed by atoms with E-state index in [1.165, 1.54) is 0 Å². The molecule has 0 unspecified atom stereocenters. The summed E-state index contributed by atoms with van der Waals surface area (Å²) in [5, 5.41) is 11.2. The fraction of sp³-hybridized carbons (Fsp3) is 0.308. The Kier molecular flexibility index (Phi) is 6.33. The molecule has 5 rings (SSSR count). The number of carbonyl (C=O) groups excluding carboxylic acids is 1. The summed E-state index contributed by atoms with van der Waals surface area (Å²) < 4.78 is 5.45. The molecule has 34 heavy (non-hydrogen) atoms. The number of carbonyl (C=O) groups is 1. The minimum atomic E-state index is -0.162. The number of nitrogens with zero attached hydrogens (tertiary/aromatic N) is 3. The van der Waals surface area contributed by atoms with Crippen molar-refractivity contribution in [3.63, 3.8) is 0 Å². The monoisotopic (exact) mass is 458 g/mol. The van der Waals surface area contributed by atoms with E-state index in [9.17, 15) is 4.79 Å². The largest absolute Gasteiger partial charge is 0.497 e. The molecule has 0 spiro atoms. The molecule has 3 heterocycles.